The zero-order valence-corrected chi connectivity index (χ0v) is 10.9. The third kappa shape index (κ3) is 3.25. The summed E-state index contributed by atoms with van der Waals surface area (Å²) in [5.41, 5.74) is 3.99. The first-order valence-electron chi connectivity index (χ1n) is 5.48. The molecule has 4 nitrogen and oxygen atoms in total. The maximum Gasteiger partial charge on any atom is 0.128 e. The molecule has 5 heteroatoms. The van der Waals surface area contributed by atoms with Gasteiger partial charge in [-0.15, -0.1) is 11.3 Å². The van der Waals surface area contributed by atoms with E-state index in [4.69, 9.17) is 0 Å². The number of nitrogens with zero attached hydrogens (tertiary/aromatic N) is 3. The van der Waals surface area contributed by atoms with Gasteiger partial charge in [0.2, 0.25) is 0 Å². The Morgan fingerprint density at radius 3 is 2.94 bits per heavy atom. The highest BCUT2D eigenvalue weighted by Gasteiger charge is 2.05. The lowest BCUT2D eigenvalue weighted by Crippen LogP contribution is -2.19. The largest absolute Gasteiger partial charge is 0.354 e. The highest BCUT2D eigenvalue weighted by atomic mass is 32.1. The standard InChI is InChI=1S/C12H16N4S/c1-13-6-10-4-3-5-12(15-10)16(2)7-11-8-17-9-14-11/h3-5,8-9,13H,6-7H2,1-2H3. The minimum atomic E-state index is 0.790. The molecule has 0 atom stereocenters. The highest BCUT2D eigenvalue weighted by molar-refractivity contribution is 7.07. The average Bonchev–Trinajstić information content (AvgIpc) is 2.83. The SMILES string of the molecule is CNCc1cccc(N(C)Cc2cscn2)n1. The first kappa shape index (κ1) is 12.0. The molecule has 0 saturated carbocycles. The first-order chi connectivity index (χ1) is 8.29. The quantitative estimate of drug-likeness (QED) is 0.877. The molecule has 0 aliphatic rings. The zero-order valence-electron chi connectivity index (χ0n) is 10.1. The molecule has 0 aromatic carbocycles. The monoisotopic (exact) mass is 248 g/mol. The van der Waals surface area contributed by atoms with Crippen LogP contribution in [0.1, 0.15) is 11.4 Å². The van der Waals surface area contributed by atoms with E-state index in [9.17, 15) is 0 Å². The van der Waals surface area contributed by atoms with Gasteiger partial charge < -0.3 is 10.2 Å². The summed E-state index contributed by atoms with van der Waals surface area (Å²) in [4.78, 5) is 11.0. The van der Waals surface area contributed by atoms with Crippen LogP contribution in [-0.4, -0.2) is 24.1 Å². The lowest BCUT2D eigenvalue weighted by Gasteiger charge is -2.17. The highest BCUT2D eigenvalue weighted by Crippen LogP contribution is 2.13. The fraction of sp³-hybridized carbons (Fsp3) is 0.333. The second-order valence-corrected chi connectivity index (χ2v) is 4.57. The molecule has 0 aliphatic carbocycles. The maximum absolute atomic E-state index is 4.58. The zero-order chi connectivity index (χ0) is 12.1. The van der Waals surface area contributed by atoms with Crippen LogP contribution in [0.4, 0.5) is 5.82 Å². The van der Waals surface area contributed by atoms with Crippen molar-refractivity contribution in [3.63, 3.8) is 0 Å². The van der Waals surface area contributed by atoms with E-state index in [0.717, 1.165) is 30.3 Å². The van der Waals surface area contributed by atoms with Gasteiger partial charge >= 0.3 is 0 Å². The fourth-order valence-corrected chi connectivity index (χ4v) is 2.15. The van der Waals surface area contributed by atoms with E-state index in [0.29, 0.717) is 0 Å². The lowest BCUT2D eigenvalue weighted by atomic mass is 10.3. The van der Waals surface area contributed by atoms with Gasteiger partial charge in [-0.1, -0.05) is 6.07 Å². The first-order valence-corrected chi connectivity index (χ1v) is 6.42. The smallest absolute Gasteiger partial charge is 0.128 e. The molecule has 17 heavy (non-hydrogen) atoms. The van der Waals surface area contributed by atoms with E-state index in [1.165, 1.54) is 0 Å². The van der Waals surface area contributed by atoms with Crippen LogP contribution < -0.4 is 10.2 Å². The van der Waals surface area contributed by atoms with Gasteiger partial charge in [-0.25, -0.2) is 9.97 Å². The predicted octanol–water partition coefficient (Wildman–Crippen LogP) is 1.89. The number of thiazole rings is 1. The van der Waals surface area contributed by atoms with Crippen molar-refractivity contribution in [3.05, 3.63) is 40.5 Å². The molecule has 0 saturated heterocycles. The average molecular weight is 248 g/mol. The maximum atomic E-state index is 4.58. The summed E-state index contributed by atoms with van der Waals surface area (Å²) in [6, 6.07) is 6.08. The van der Waals surface area contributed by atoms with Crippen molar-refractivity contribution in [2.45, 2.75) is 13.1 Å². The van der Waals surface area contributed by atoms with Gasteiger partial charge in [0.25, 0.3) is 0 Å². The van der Waals surface area contributed by atoms with Crippen LogP contribution in [0.3, 0.4) is 0 Å². The molecule has 2 rings (SSSR count). The summed E-state index contributed by atoms with van der Waals surface area (Å²) in [5, 5.41) is 5.17. The van der Waals surface area contributed by atoms with Crippen LogP contribution in [0.2, 0.25) is 0 Å². The molecule has 0 radical (unpaired) electrons. The van der Waals surface area contributed by atoms with Crippen LogP contribution in [0.15, 0.2) is 29.1 Å². The van der Waals surface area contributed by atoms with E-state index in [1.807, 2.05) is 37.8 Å². The Balaban J connectivity index is 2.07. The van der Waals surface area contributed by atoms with Crippen LogP contribution in [0.5, 0.6) is 0 Å². The molecule has 2 heterocycles. The normalized spacial score (nSPS) is 10.5. The summed E-state index contributed by atoms with van der Waals surface area (Å²) in [5.74, 6) is 0.978. The summed E-state index contributed by atoms with van der Waals surface area (Å²) < 4.78 is 0. The number of aromatic nitrogens is 2. The summed E-state index contributed by atoms with van der Waals surface area (Å²) in [6.45, 7) is 1.58. The molecule has 2 aromatic rings. The Morgan fingerprint density at radius 2 is 2.24 bits per heavy atom. The Labute approximate surface area is 105 Å². The molecular formula is C12H16N4S. The number of hydrogen-bond donors (Lipinski definition) is 1. The second-order valence-electron chi connectivity index (χ2n) is 3.85. The van der Waals surface area contributed by atoms with Gasteiger partial charge in [0.15, 0.2) is 0 Å². The summed E-state index contributed by atoms with van der Waals surface area (Å²) >= 11 is 1.62. The molecular weight excluding hydrogens is 232 g/mol. The Bertz CT molecular complexity index is 455. The molecule has 0 fully saturated rings. The van der Waals surface area contributed by atoms with Crippen LogP contribution in [0, 0.1) is 0 Å². The fourth-order valence-electron chi connectivity index (χ4n) is 1.60. The molecule has 0 amide bonds. The lowest BCUT2D eigenvalue weighted by molar-refractivity contribution is 0.781. The number of anilines is 1. The molecule has 1 N–H and O–H groups in total. The van der Waals surface area contributed by atoms with Crippen molar-refractivity contribution >= 4 is 17.2 Å². The number of pyridine rings is 1. The van der Waals surface area contributed by atoms with Crippen molar-refractivity contribution in [1.29, 1.82) is 0 Å². The molecule has 0 aliphatic heterocycles. The predicted molar refractivity (Wildman–Crippen MR) is 71.2 cm³/mol. The minimum Gasteiger partial charge on any atom is -0.354 e. The third-order valence-corrected chi connectivity index (χ3v) is 3.06. The Hall–Kier alpha value is -1.46. The van der Waals surface area contributed by atoms with E-state index in [-0.39, 0.29) is 0 Å². The van der Waals surface area contributed by atoms with Gasteiger partial charge in [-0.3, -0.25) is 0 Å². The Kier molecular flexibility index (Phi) is 4.06. The van der Waals surface area contributed by atoms with Gasteiger partial charge in [0.05, 0.1) is 23.4 Å². The second kappa shape index (κ2) is 5.75. The van der Waals surface area contributed by atoms with E-state index in [1.54, 1.807) is 11.3 Å². The number of hydrogen-bond acceptors (Lipinski definition) is 5. The van der Waals surface area contributed by atoms with Crippen molar-refractivity contribution in [1.82, 2.24) is 15.3 Å². The molecule has 0 unspecified atom stereocenters. The van der Waals surface area contributed by atoms with Crippen molar-refractivity contribution in [2.75, 3.05) is 19.0 Å². The summed E-state index contributed by atoms with van der Waals surface area (Å²) in [7, 11) is 3.96. The topological polar surface area (TPSA) is 41.0 Å². The van der Waals surface area contributed by atoms with Gasteiger partial charge in [-0.2, -0.15) is 0 Å². The van der Waals surface area contributed by atoms with Crippen LogP contribution in [-0.2, 0) is 13.1 Å². The van der Waals surface area contributed by atoms with Crippen LogP contribution >= 0.6 is 11.3 Å². The van der Waals surface area contributed by atoms with E-state index >= 15 is 0 Å². The molecule has 2 aromatic heterocycles. The minimum absolute atomic E-state index is 0.790. The molecule has 0 spiro atoms. The van der Waals surface area contributed by atoms with Gasteiger partial charge in [0.1, 0.15) is 5.82 Å². The molecule has 0 bridgehead atoms. The summed E-state index contributed by atoms with van der Waals surface area (Å²) in [6.07, 6.45) is 0. The van der Waals surface area contributed by atoms with E-state index < -0.39 is 0 Å². The van der Waals surface area contributed by atoms with E-state index in [2.05, 4.69) is 25.6 Å². The van der Waals surface area contributed by atoms with Gasteiger partial charge in [0, 0.05) is 19.0 Å². The van der Waals surface area contributed by atoms with Crippen LogP contribution in [0.25, 0.3) is 0 Å². The van der Waals surface area contributed by atoms with Gasteiger partial charge in [-0.05, 0) is 19.2 Å². The van der Waals surface area contributed by atoms with Crippen molar-refractivity contribution in [2.24, 2.45) is 0 Å². The number of nitrogens with one attached hydrogen (secondary N) is 1. The molecule has 90 valence electrons. The third-order valence-electron chi connectivity index (χ3n) is 2.42. The van der Waals surface area contributed by atoms with Crippen molar-refractivity contribution in [3.8, 4) is 0 Å². The number of rotatable bonds is 5. The Morgan fingerprint density at radius 1 is 1.35 bits per heavy atom. The van der Waals surface area contributed by atoms with Crippen molar-refractivity contribution < 1.29 is 0 Å².